The minimum Gasteiger partial charge on any atom is -0.310 e. The largest absolute Gasteiger partial charge is 0.310 e. The topological polar surface area (TPSA) is 3.24 Å². The van der Waals surface area contributed by atoms with Crippen LogP contribution in [0.25, 0.3) is 33.4 Å². The highest BCUT2D eigenvalue weighted by atomic mass is 15.1. The van der Waals surface area contributed by atoms with Crippen LogP contribution in [-0.2, 0) is 21.7 Å². The van der Waals surface area contributed by atoms with E-state index in [1.54, 1.807) is 11.1 Å². The summed E-state index contributed by atoms with van der Waals surface area (Å²) in [5, 5.41) is 0. The van der Waals surface area contributed by atoms with E-state index in [1.165, 1.54) is 150 Å². The number of anilines is 3. The fraction of sp³-hybridized carbons (Fsp3) is 0.419. The van der Waals surface area contributed by atoms with Crippen molar-refractivity contribution < 1.29 is 0 Å². The van der Waals surface area contributed by atoms with Gasteiger partial charge in [-0.25, -0.2) is 0 Å². The van der Waals surface area contributed by atoms with Gasteiger partial charge in [0.25, 0.3) is 0 Å². The summed E-state index contributed by atoms with van der Waals surface area (Å²) in [6.07, 6.45) is 17.4. The van der Waals surface area contributed by atoms with Crippen molar-refractivity contribution in [3.63, 3.8) is 0 Å². The number of hydrogen-bond acceptors (Lipinski definition) is 1. The summed E-state index contributed by atoms with van der Waals surface area (Å²) in [6.45, 7) is 9.82. The van der Waals surface area contributed by atoms with Crippen molar-refractivity contribution in [2.75, 3.05) is 4.90 Å². The molecule has 0 heterocycles. The van der Waals surface area contributed by atoms with Crippen LogP contribution in [0.15, 0.2) is 127 Å². The molecule has 0 radical (unpaired) electrons. The number of fused-ring (bicyclic) bond motifs is 6. The summed E-state index contributed by atoms with van der Waals surface area (Å²) >= 11 is 0. The maximum absolute atomic E-state index is 2.59. The Bertz CT molecular complexity index is 2690. The number of nitrogens with zero attached hydrogens (tertiary/aromatic N) is 1. The molecule has 16 rings (SSSR count). The molecule has 1 heteroatoms. The van der Waals surface area contributed by atoms with Crippen molar-refractivity contribution in [3.05, 3.63) is 161 Å². The van der Waals surface area contributed by atoms with E-state index >= 15 is 0 Å². The maximum atomic E-state index is 2.59. The molecule has 0 N–H and O–H groups in total. The van der Waals surface area contributed by atoms with Crippen molar-refractivity contribution in [2.45, 2.75) is 126 Å². The molecule has 1 nitrogen and oxygen atoms in total. The third-order valence-corrected chi connectivity index (χ3v) is 19.3. The molecule has 10 aliphatic carbocycles. The molecule has 0 unspecified atom stereocenters. The Morgan fingerprint density at radius 2 is 0.698 bits per heavy atom. The SMILES string of the molecule is CC1(C)c2ccccc2-c2cccc(-c3cccc4c3C(C)(C)c3cc(N(c5ccc(C67CC8CC(CC(C8)C6)C7)cc5)c5ccc(C67CC8CC(CC(C8)C6)C7)cc5)ccc3-4)c21. The molecule has 8 bridgehead atoms. The Hall–Kier alpha value is -4.88. The van der Waals surface area contributed by atoms with Crippen molar-refractivity contribution in [3.8, 4) is 33.4 Å². The Morgan fingerprint density at radius 3 is 1.14 bits per heavy atom. The van der Waals surface area contributed by atoms with Gasteiger partial charge >= 0.3 is 0 Å². The fourth-order valence-electron chi connectivity index (χ4n) is 17.6. The van der Waals surface area contributed by atoms with E-state index in [0.717, 1.165) is 35.5 Å². The van der Waals surface area contributed by atoms with Crippen LogP contribution in [0.4, 0.5) is 17.1 Å². The van der Waals surface area contributed by atoms with Crippen LogP contribution in [0.1, 0.15) is 138 Å². The second-order valence-electron chi connectivity index (χ2n) is 23.8. The van der Waals surface area contributed by atoms with E-state index in [4.69, 9.17) is 0 Å². The highest BCUT2D eigenvalue weighted by Gasteiger charge is 2.53. The maximum Gasteiger partial charge on any atom is 0.0465 e. The Morgan fingerprint density at radius 1 is 0.349 bits per heavy atom. The molecule has 8 saturated carbocycles. The molecule has 63 heavy (non-hydrogen) atoms. The van der Waals surface area contributed by atoms with E-state index in [9.17, 15) is 0 Å². The monoisotopic (exact) mass is 821 g/mol. The van der Waals surface area contributed by atoms with Gasteiger partial charge in [0.1, 0.15) is 0 Å². The van der Waals surface area contributed by atoms with E-state index in [1.807, 2.05) is 0 Å². The second-order valence-corrected chi connectivity index (χ2v) is 23.8. The highest BCUT2D eigenvalue weighted by Crippen LogP contribution is 2.63. The van der Waals surface area contributed by atoms with Crippen molar-refractivity contribution >= 4 is 17.1 Å². The first kappa shape index (κ1) is 37.5. The first-order chi connectivity index (χ1) is 30.6. The summed E-state index contributed by atoms with van der Waals surface area (Å²) in [4.78, 5) is 2.59. The van der Waals surface area contributed by atoms with Gasteiger partial charge < -0.3 is 4.90 Å². The number of benzene rings is 6. The molecular weight excluding hydrogens is 759 g/mol. The van der Waals surface area contributed by atoms with Crippen molar-refractivity contribution in [1.29, 1.82) is 0 Å². The summed E-state index contributed by atoms with van der Waals surface area (Å²) in [5.41, 5.74) is 21.7. The van der Waals surface area contributed by atoms with Crippen molar-refractivity contribution in [1.82, 2.24) is 0 Å². The first-order valence-corrected chi connectivity index (χ1v) is 25.1. The molecule has 6 aromatic carbocycles. The lowest BCUT2D eigenvalue weighted by atomic mass is 9.48. The second kappa shape index (κ2) is 12.9. The minimum absolute atomic E-state index is 0.0784. The predicted octanol–water partition coefficient (Wildman–Crippen LogP) is 16.4. The standard InChI is InChI=1S/C62H63N/c1-59(2)55-14-6-5-9-49(55)51-10-7-12-53(57(51)59)54-13-8-11-52-50-24-23-48(31-56(50)60(3,4)58(52)54)63(46-19-15-44(16-20-46)61-32-38-25-39(33-61)27-40(26-38)34-61)47-21-17-45(18-22-47)62-35-41-28-42(36-62)30-43(29-41)37-62/h5-24,31,38-43H,25-30,32-37H2,1-4H3. The third-order valence-electron chi connectivity index (χ3n) is 19.3. The van der Waals surface area contributed by atoms with Crippen LogP contribution in [0.5, 0.6) is 0 Å². The Labute approximate surface area is 376 Å². The molecule has 10 aliphatic rings. The molecule has 0 amide bonds. The molecule has 316 valence electrons. The molecule has 8 fully saturated rings. The van der Waals surface area contributed by atoms with E-state index in [-0.39, 0.29) is 10.8 Å². The van der Waals surface area contributed by atoms with Gasteiger partial charge in [0.15, 0.2) is 0 Å². The number of rotatable bonds is 6. The van der Waals surface area contributed by atoms with Crippen LogP contribution in [0, 0.1) is 35.5 Å². The quantitative estimate of drug-likeness (QED) is 0.162. The smallest absolute Gasteiger partial charge is 0.0465 e. The third kappa shape index (κ3) is 5.29. The Balaban J connectivity index is 0.871. The van der Waals surface area contributed by atoms with Gasteiger partial charge in [-0.2, -0.15) is 0 Å². The van der Waals surface area contributed by atoms with Gasteiger partial charge in [-0.15, -0.1) is 0 Å². The average Bonchev–Trinajstić information content (AvgIpc) is 3.65. The van der Waals surface area contributed by atoms with Gasteiger partial charge in [-0.3, -0.25) is 0 Å². The lowest BCUT2D eigenvalue weighted by molar-refractivity contribution is -0.00529. The molecular formula is C62H63N. The van der Waals surface area contributed by atoms with Gasteiger partial charge in [-0.05, 0) is 227 Å². The zero-order valence-electron chi connectivity index (χ0n) is 38.0. The molecule has 0 atom stereocenters. The summed E-state index contributed by atoms with van der Waals surface area (Å²) in [7, 11) is 0. The predicted molar refractivity (Wildman–Crippen MR) is 261 cm³/mol. The van der Waals surface area contributed by atoms with E-state index < -0.39 is 0 Å². The first-order valence-electron chi connectivity index (χ1n) is 25.1. The van der Waals surface area contributed by atoms with Crippen molar-refractivity contribution in [2.24, 2.45) is 35.5 Å². The zero-order valence-corrected chi connectivity index (χ0v) is 38.0. The number of hydrogen-bond donors (Lipinski definition) is 0. The molecule has 0 aliphatic heterocycles. The average molecular weight is 822 g/mol. The zero-order chi connectivity index (χ0) is 42.0. The van der Waals surface area contributed by atoms with Gasteiger partial charge in [0, 0.05) is 27.9 Å². The van der Waals surface area contributed by atoms with E-state index in [0.29, 0.717) is 10.8 Å². The summed E-state index contributed by atoms with van der Waals surface area (Å²) in [6, 6.07) is 50.8. The minimum atomic E-state index is -0.188. The Kier molecular flexibility index (Phi) is 7.67. The van der Waals surface area contributed by atoms with Crippen LogP contribution >= 0.6 is 0 Å². The molecule has 6 aromatic rings. The van der Waals surface area contributed by atoms with Gasteiger partial charge in [0.05, 0.1) is 0 Å². The van der Waals surface area contributed by atoms with Gasteiger partial charge in [0.2, 0.25) is 0 Å². The lowest BCUT2D eigenvalue weighted by Gasteiger charge is -2.57. The van der Waals surface area contributed by atoms with Crippen LogP contribution in [0.3, 0.4) is 0 Å². The molecule has 0 spiro atoms. The van der Waals surface area contributed by atoms with Crippen LogP contribution in [0.2, 0.25) is 0 Å². The fourth-order valence-corrected chi connectivity index (χ4v) is 17.6. The van der Waals surface area contributed by atoms with E-state index in [2.05, 4.69) is 160 Å². The van der Waals surface area contributed by atoms with Gasteiger partial charge in [-0.1, -0.05) is 119 Å². The van der Waals surface area contributed by atoms with Crippen LogP contribution < -0.4 is 4.90 Å². The summed E-state index contributed by atoms with van der Waals surface area (Å²) in [5.74, 6) is 5.69. The summed E-state index contributed by atoms with van der Waals surface area (Å²) < 4.78 is 0. The highest BCUT2D eigenvalue weighted by molar-refractivity contribution is 5.94. The normalized spacial score (nSPS) is 31.4. The molecule has 0 aromatic heterocycles. The lowest BCUT2D eigenvalue weighted by Crippen LogP contribution is -2.48. The van der Waals surface area contributed by atoms with Crippen LogP contribution in [-0.4, -0.2) is 0 Å². The molecule has 0 saturated heterocycles.